The topological polar surface area (TPSA) is 76.7 Å². The van der Waals surface area contributed by atoms with Crippen LogP contribution in [0.3, 0.4) is 0 Å². The van der Waals surface area contributed by atoms with Crippen LogP contribution in [0.4, 0.5) is 0 Å². The molecular weight excluding hydrogens is 296 g/mol. The molecule has 0 bridgehead atoms. The number of benzene rings is 1. The van der Waals surface area contributed by atoms with Gasteiger partial charge in [0.05, 0.1) is 20.8 Å². The highest BCUT2D eigenvalue weighted by Crippen LogP contribution is 2.25. The van der Waals surface area contributed by atoms with Gasteiger partial charge in [0.15, 0.2) is 0 Å². The van der Waals surface area contributed by atoms with Crippen LogP contribution in [-0.4, -0.2) is 38.1 Å². The second-order valence-corrected chi connectivity index (χ2v) is 5.96. The Morgan fingerprint density at radius 3 is 2.43 bits per heavy atom. The average molecular weight is 320 g/mol. The number of rotatable bonds is 6. The van der Waals surface area contributed by atoms with Crippen molar-refractivity contribution in [2.45, 2.75) is 26.3 Å². The van der Waals surface area contributed by atoms with Crippen LogP contribution in [0.1, 0.15) is 26.3 Å². The van der Waals surface area contributed by atoms with Gasteiger partial charge in [-0.05, 0) is 39.0 Å². The van der Waals surface area contributed by atoms with Crippen molar-refractivity contribution < 1.29 is 19.1 Å². The summed E-state index contributed by atoms with van der Waals surface area (Å²) in [5, 5.41) is 5.30. The number of methoxy groups -OCH3 is 2. The molecule has 1 rings (SSSR count). The maximum atomic E-state index is 11.8. The van der Waals surface area contributed by atoms with Gasteiger partial charge < -0.3 is 20.1 Å². The Bertz CT molecular complexity index is 589. The summed E-state index contributed by atoms with van der Waals surface area (Å²) in [6.45, 7) is 5.56. The molecule has 23 heavy (non-hydrogen) atoms. The SMILES string of the molecule is COc1ccc(/C=C/C(=O)NCC(=O)NC(C)(C)C)c(OC)c1. The fourth-order valence-corrected chi connectivity index (χ4v) is 1.81. The standard InChI is InChI=1S/C17H24N2O4/c1-17(2,3)19-16(21)11-18-15(20)9-7-12-6-8-13(22-4)10-14(12)23-5/h6-10H,11H2,1-5H3,(H,18,20)(H,19,21)/b9-7+. The predicted octanol–water partition coefficient (Wildman–Crippen LogP) is 1.75. The normalized spacial score (nSPS) is 11.2. The minimum absolute atomic E-state index is 0.0693. The van der Waals surface area contributed by atoms with E-state index in [4.69, 9.17) is 9.47 Å². The molecule has 126 valence electrons. The second-order valence-electron chi connectivity index (χ2n) is 5.96. The molecular formula is C17H24N2O4. The predicted molar refractivity (Wildman–Crippen MR) is 89.5 cm³/mol. The third kappa shape index (κ3) is 6.86. The van der Waals surface area contributed by atoms with Crippen molar-refractivity contribution in [3.8, 4) is 11.5 Å². The van der Waals surface area contributed by atoms with Crippen LogP contribution in [-0.2, 0) is 9.59 Å². The summed E-state index contributed by atoms with van der Waals surface area (Å²) in [6, 6.07) is 5.29. The lowest BCUT2D eigenvalue weighted by atomic mass is 10.1. The molecule has 0 aromatic heterocycles. The first-order valence-corrected chi connectivity index (χ1v) is 7.24. The fourth-order valence-electron chi connectivity index (χ4n) is 1.81. The van der Waals surface area contributed by atoms with Crippen molar-refractivity contribution in [1.82, 2.24) is 10.6 Å². The first kappa shape index (κ1) is 18.5. The van der Waals surface area contributed by atoms with Crippen LogP contribution in [0.15, 0.2) is 24.3 Å². The number of nitrogens with one attached hydrogen (secondary N) is 2. The van der Waals surface area contributed by atoms with E-state index < -0.39 is 0 Å². The molecule has 0 saturated carbocycles. The molecule has 0 saturated heterocycles. The molecule has 6 heteroatoms. The van der Waals surface area contributed by atoms with Crippen LogP contribution in [0.5, 0.6) is 11.5 Å². The van der Waals surface area contributed by atoms with Gasteiger partial charge in [-0.3, -0.25) is 9.59 Å². The highest BCUT2D eigenvalue weighted by molar-refractivity contribution is 5.94. The molecule has 0 aliphatic rings. The quantitative estimate of drug-likeness (QED) is 0.783. The lowest BCUT2D eigenvalue weighted by molar-refractivity contribution is -0.124. The third-order valence-corrected chi connectivity index (χ3v) is 2.79. The lowest BCUT2D eigenvalue weighted by Crippen LogP contribution is -2.45. The van der Waals surface area contributed by atoms with Crippen LogP contribution in [0.2, 0.25) is 0 Å². The Kier molecular flexibility index (Phi) is 6.63. The molecule has 2 N–H and O–H groups in total. The van der Waals surface area contributed by atoms with Crippen LogP contribution < -0.4 is 20.1 Å². The van der Waals surface area contributed by atoms with Gasteiger partial charge in [-0.25, -0.2) is 0 Å². The molecule has 0 unspecified atom stereocenters. The summed E-state index contributed by atoms with van der Waals surface area (Å²) in [5.41, 5.74) is 0.413. The van der Waals surface area contributed by atoms with Gasteiger partial charge in [0, 0.05) is 23.2 Å². The summed E-state index contributed by atoms with van der Waals surface area (Å²) < 4.78 is 10.4. The number of ether oxygens (including phenoxy) is 2. The van der Waals surface area contributed by atoms with Crippen molar-refractivity contribution in [3.63, 3.8) is 0 Å². The van der Waals surface area contributed by atoms with Crippen LogP contribution in [0, 0.1) is 0 Å². The Morgan fingerprint density at radius 1 is 1.17 bits per heavy atom. The van der Waals surface area contributed by atoms with Gasteiger partial charge in [0.1, 0.15) is 11.5 Å². The smallest absolute Gasteiger partial charge is 0.244 e. The van der Waals surface area contributed by atoms with E-state index in [1.54, 1.807) is 38.5 Å². The Balaban J connectivity index is 2.60. The first-order chi connectivity index (χ1) is 10.7. The minimum atomic E-state index is -0.355. The maximum Gasteiger partial charge on any atom is 0.244 e. The Hall–Kier alpha value is -2.50. The molecule has 0 fully saturated rings. The number of amides is 2. The Morgan fingerprint density at radius 2 is 1.87 bits per heavy atom. The molecule has 0 atom stereocenters. The zero-order valence-corrected chi connectivity index (χ0v) is 14.2. The average Bonchev–Trinajstić information content (AvgIpc) is 2.49. The summed E-state index contributed by atoms with van der Waals surface area (Å²) in [7, 11) is 3.11. The van der Waals surface area contributed by atoms with E-state index in [1.807, 2.05) is 20.8 Å². The van der Waals surface area contributed by atoms with E-state index in [0.29, 0.717) is 11.5 Å². The van der Waals surface area contributed by atoms with E-state index in [2.05, 4.69) is 10.6 Å². The number of hydrogen-bond donors (Lipinski definition) is 2. The number of carbonyl (C=O) groups excluding carboxylic acids is 2. The van der Waals surface area contributed by atoms with Crippen molar-refractivity contribution in [2.75, 3.05) is 20.8 Å². The van der Waals surface area contributed by atoms with E-state index >= 15 is 0 Å². The first-order valence-electron chi connectivity index (χ1n) is 7.24. The lowest BCUT2D eigenvalue weighted by Gasteiger charge is -2.20. The zero-order valence-electron chi connectivity index (χ0n) is 14.2. The summed E-state index contributed by atoms with van der Waals surface area (Å²) in [4.78, 5) is 23.4. The van der Waals surface area contributed by atoms with Crippen LogP contribution >= 0.6 is 0 Å². The highest BCUT2D eigenvalue weighted by atomic mass is 16.5. The summed E-state index contributed by atoms with van der Waals surface area (Å²) in [6.07, 6.45) is 2.98. The summed E-state index contributed by atoms with van der Waals surface area (Å²) >= 11 is 0. The minimum Gasteiger partial charge on any atom is -0.497 e. The third-order valence-electron chi connectivity index (χ3n) is 2.79. The van der Waals surface area contributed by atoms with Gasteiger partial charge in [-0.1, -0.05) is 0 Å². The van der Waals surface area contributed by atoms with Gasteiger partial charge >= 0.3 is 0 Å². The van der Waals surface area contributed by atoms with E-state index in [0.717, 1.165) is 5.56 Å². The molecule has 0 heterocycles. The van der Waals surface area contributed by atoms with Crippen molar-refractivity contribution in [3.05, 3.63) is 29.8 Å². The highest BCUT2D eigenvalue weighted by Gasteiger charge is 2.13. The van der Waals surface area contributed by atoms with E-state index in [1.165, 1.54) is 6.08 Å². The molecule has 6 nitrogen and oxygen atoms in total. The van der Waals surface area contributed by atoms with E-state index in [9.17, 15) is 9.59 Å². The van der Waals surface area contributed by atoms with Gasteiger partial charge in [-0.15, -0.1) is 0 Å². The largest absolute Gasteiger partial charge is 0.497 e. The fraction of sp³-hybridized carbons (Fsp3) is 0.412. The number of carbonyl (C=O) groups is 2. The van der Waals surface area contributed by atoms with Gasteiger partial charge in [0.2, 0.25) is 11.8 Å². The number of hydrogen-bond acceptors (Lipinski definition) is 4. The molecule has 2 amide bonds. The van der Waals surface area contributed by atoms with Gasteiger partial charge in [0.25, 0.3) is 0 Å². The van der Waals surface area contributed by atoms with Gasteiger partial charge in [-0.2, -0.15) is 0 Å². The van der Waals surface area contributed by atoms with Crippen molar-refractivity contribution >= 4 is 17.9 Å². The maximum absolute atomic E-state index is 11.8. The van der Waals surface area contributed by atoms with Crippen LogP contribution in [0.25, 0.3) is 6.08 Å². The van der Waals surface area contributed by atoms with E-state index in [-0.39, 0.29) is 23.9 Å². The molecule has 1 aromatic rings. The Labute approximate surface area is 136 Å². The molecule has 1 aromatic carbocycles. The van der Waals surface area contributed by atoms with Crippen molar-refractivity contribution in [2.24, 2.45) is 0 Å². The molecule has 0 spiro atoms. The molecule has 0 radical (unpaired) electrons. The van der Waals surface area contributed by atoms with Crippen molar-refractivity contribution in [1.29, 1.82) is 0 Å². The summed E-state index contributed by atoms with van der Waals surface area (Å²) in [5.74, 6) is 0.675. The molecule has 0 aliphatic carbocycles. The molecule has 0 aliphatic heterocycles. The monoisotopic (exact) mass is 320 g/mol. The zero-order chi connectivity index (χ0) is 17.5. The second kappa shape index (κ2) is 8.22.